The molecule has 4 saturated carbocycles. The first kappa shape index (κ1) is 18.1. The summed E-state index contributed by atoms with van der Waals surface area (Å²) in [4.78, 5) is 28.4. The lowest BCUT2D eigenvalue weighted by molar-refractivity contribution is -0.160. The highest BCUT2D eigenvalue weighted by atomic mass is 19.1. The molecule has 5 aliphatic rings. The smallest absolute Gasteiger partial charge is 0.243 e. The van der Waals surface area contributed by atoms with Crippen molar-refractivity contribution < 1.29 is 14.0 Å². The Kier molecular flexibility index (Phi) is 4.44. The zero-order valence-corrected chi connectivity index (χ0v) is 16.3. The van der Waals surface area contributed by atoms with E-state index in [4.69, 9.17) is 0 Å². The second-order valence-electron chi connectivity index (χ2n) is 9.70. The fraction of sp³-hybridized carbons (Fsp3) is 0.652. The molecule has 0 radical (unpaired) electrons. The van der Waals surface area contributed by atoms with Crippen molar-refractivity contribution >= 4 is 11.8 Å². The van der Waals surface area contributed by atoms with Crippen molar-refractivity contribution in [2.45, 2.75) is 64.0 Å². The number of carbonyl (C=O) groups excluding carboxylic acids is 2. The molecule has 4 aliphatic carbocycles. The third-order valence-electron chi connectivity index (χ3n) is 7.69. The number of nitrogens with zero attached hydrogens (tertiary/aromatic N) is 1. The average molecular weight is 384 g/mol. The topological polar surface area (TPSA) is 49.4 Å². The first-order valence-electron chi connectivity index (χ1n) is 10.9. The van der Waals surface area contributed by atoms with Crippen LogP contribution in [0.4, 0.5) is 4.39 Å². The van der Waals surface area contributed by atoms with Crippen molar-refractivity contribution in [2.24, 2.45) is 23.2 Å². The number of hydrogen-bond donors (Lipinski definition) is 1. The Balaban J connectivity index is 1.26. The van der Waals surface area contributed by atoms with Crippen molar-refractivity contribution in [3.63, 3.8) is 0 Å². The normalized spacial score (nSPS) is 36.0. The summed E-state index contributed by atoms with van der Waals surface area (Å²) in [6.07, 6.45) is 8.70. The van der Waals surface area contributed by atoms with E-state index >= 15 is 0 Å². The van der Waals surface area contributed by atoms with Gasteiger partial charge < -0.3 is 10.2 Å². The maximum absolute atomic E-state index is 13.6. The van der Waals surface area contributed by atoms with Crippen LogP contribution in [0.1, 0.15) is 56.9 Å². The predicted octanol–water partition coefficient (Wildman–Crippen LogP) is 3.65. The number of halogens is 1. The Morgan fingerprint density at radius 2 is 1.64 bits per heavy atom. The van der Waals surface area contributed by atoms with E-state index in [1.54, 1.807) is 12.1 Å². The van der Waals surface area contributed by atoms with Crippen LogP contribution < -0.4 is 5.32 Å². The van der Waals surface area contributed by atoms with Gasteiger partial charge in [-0.15, -0.1) is 0 Å². The maximum Gasteiger partial charge on any atom is 0.243 e. The number of benzene rings is 1. The molecule has 4 nitrogen and oxygen atoms in total. The molecule has 0 aromatic heterocycles. The SMILES string of the molecule is O=C(NCc1ccc(F)cc1)C1CCCN1C(=O)C12CC3CC(CC(C3)C1)C2. The standard InChI is InChI=1S/C23H29FN2O2/c24-19-5-3-15(4-6-19)14-25-21(27)20-2-1-7-26(20)22(28)23-11-16-8-17(12-23)10-18(9-16)13-23/h3-6,16-18,20H,1-2,7-14H2,(H,25,27). The number of carbonyl (C=O) groups is 2. The van der Waals surface area contributed by atoms with Crippen LogP contribution in [0.2, 0.25) is 0 Å². The molecule has 1 aliphatic heterocycles. The average Bonchev–Trinajstić information content (AvgIpc) is 3.15. The van der Waals surface area contributed by atoms with Crippen molar-refractivity contribution in [1.82, 2.24) is 10.2 Å². The maximum atomic E-state index is 13.6. The molecule has 0 spiro atoms. The van der Waals surface area contributed by atoms with Crippen LogP contribution in [0.15, 0.2) is 24.3 Å². The third kappa shape index (κ3) is 3.13. The summed E-state index contributed by atoms with van der Waals surface area (Å²) in [6.45, 7) is 1.07. The summed E-state index contributed by atoms with van der Waals surface area (Å²) in [6, 6.07) is 5.83. The van der Waals surface area contributed by atoms with E-state index in [2.05, 4.69) is 5.32 Å². The van der Waals surface area contributed by atoms with Gasteiger partial charge in [0.05, 0.1) is 5.41 Å². The fourth-order valence-corrected chi connectivity index (χ4v) is 6.87. The lowest BCUT2D eigenvalue weighted by Gasteiger charge is -2.56. The number of nitrogens with one attached hydrogen (secondary N) is 1. The molecule has 1 unspecified atom stereocenters. The molecule has 5 heteroatoms. The molecule has 4 bridgehead atoms. The van der Waals surface area contributed by atoms with Crippen molar-refractivity contribution in [2.75, 3.05) is 6.54 Å². The molecule has 2 amide bonds. The number of amides is 2. The highest BCUT2D eigenvalue weighted by Gasteiger charge is 2.56. The van der Waals surface area contributed by atoms with Gasteiger partial charge in [0.25, 0.3) is 0 Å². The number of hydrogen-bond acceptors (Lipinski definition) is 2. The Labute approximate surface area is 165 Å². The minimum absolute atomic E-state index is 0.0695. The van der Waals surface area contributed by atoms with E-state index in [0.29, 0.717) is 13.1 Å². The fourth-order valence-electron chi connectivity index (χ4n) is 6.87. The molecule has 1 aromatic rings. The Morgan fingerprint density at radius 3 is 2.25 bits per heavy atom. The Morgan fingerprint density at radius 1 is 1.04 bits per heavy atom. The quantitative estimate of drug-likeness (QED) is 0.861. The van der Waals surface area contributed by atoms with Gasteiger partial charge >= 0.3 is 0 Å². The second kappa shape index (κ2) is 6.85. The molecule has 1 saturated heterocycles. The molecule has 150 valence electrons. The summed E-state index contributed by atoms with van der Waals surface area (Å²) >= 11 is 0. The Hall–Kier alpha value is -1.91. The molecule has 1 heterocycles. The highest BCUT2D eigenvalue weighted by molar-refractivity contribution is 5.91. The zero-order chi connectivity index (χ0) is 19.3. The van der Waals surface area contributed by atoms with E-state index in [-0.39, 0.29) is 29.1 Å². The van der Waals surface area contributed by atoms with Crippen LogP contribution in [-0.2, 0) is 16.1 Å². The van der Waals surface area contributed by atoms with E-state index < -0.39 is 0 Å². The van der Waals surface area contributed by atoms with Gasteiger partial charge in [-0.05, 0) is 86.8 Å². The minimum atomic E-state index is -0.346. The van der Waals surface area contributed by atoms with E-state index in [0.717, 1.165) is 55.4 Å². The predicted molar refractivity (Wildman–Crippen MR) is 104 cm³/mol. The van der Waals surface area contributed by atoms with Crippen molar-refractivity contribution in [3.05, 3.63) is 35.6 Å². The molecular weight excluding hydrogens is 355 g/mol. The minimum Gasteiger partial charge on any atom is -0.350 e. The van der Waals surface area contributed by atoms with E-state index in [9.17, 15) is 14.0 Å². The number of rotatable bonds is 4. The largest absolute Gasteiger partial charge is 0.350 e. The summed E-state index contributed by atoms with van der Waals surface area (Å²) in [7, 11) is 0. The summed E-state index contributed by atoms with van der Waals surface area (Å²) in [5.41, 5.74) is 0.681. The van der Waals surface area contributed by atoms with Gasteiger partial charge in [-0.1, -0.05) is 12.1 Å². The van der Waals surface area contributed by atoms with Crippen molar-refractivity contribution in [1.29, 1.82) is 0 Å². The lowest BCUT2D eigenvalue weighted by atomic mass is 9.49. The zero-order valence-electron chi connectivity index (χ0n) is 16.3. The molecule has 5 fully saturated rings. The van der Waals surface area contributed by atoms with E-state index in [1.165, 1.54) is 31.4 Å². The van der Waals surface area contributed by atoms with E-state index in [1.807, 2.05) is 4.90 Å². The second-order valence-corrected chi connectivity index (χ2v) is 9.70. The van der Waals surface area contributed by atoms with Crippen LogP contribution >= 0.6 is 0 Å². The molecule has 6 rings (SSSR count). The summed E-state index contributed by atoms with van der Waals surface area (Å²) in [5, 5.41) is 2.96. The highest BCUT2D eigenvalue weighted by Crippen LogP contribution is 2.60. The first-order valence-corrected chi connectivity index (χ1v) is 10.9. The molecule has 1 atom stereocenters. The van der Waals surface area contributed by atoms with Crippen LogP contribution in [0.5, 0.6) is 0 Å². The number of likely N-dealkylation sites (tertiary alicyclic amines) is 1. The van der Waals surface area contributed by atoms with Crippen LogP contribution in [0, 0.1) is 29.0 Å². The third-order valence-corrected chi connectivity index (χ3v) is 7.69. The molecule has 1 aromatic carbocycles. The molecule has 28 heavy (non-hydrogen) atoms. The summed E-state index contributed by atoms with van der Waals surface area (Å²) < 4.78 is 13.0. The van der Waals surface area contributed by atoms with Crippen LogP contribution in [0.3, 0.4) is 0 Å². The lowest BCUT2D eigenvalue weighted by Crippen LogP contribution is -2.57. The van der Waals surface area contributed by atoms with Gasteiger partial charge in [-0.25, -0.2) is 4.39 Å². The van der Waals surface area contributed by atoms with Crippen molar-refractivity contribution in [3.8, 4) is 0 Å². The summed E-state index contributed by atoms with van der Waals surface area (Å²) in [5.74, 6) is 2.08. The Bertz CT molecular complexity index is 740. The van der Waals surface area contributed by atoms with Gasteiger partial charge in [0.1, 0.15) is 11.9 Å². The van der Waals surface area contributed by atoms with Gasteiger partial charge in [-0.3, -0.25) is 9.59 Å². The van der Waals surface area contributed by atoms with Gasteiger partial charge in [0.2, 0.25) is 11.8 Å². The molecular formula is C23H29FN2O2. The van der Waals surface area contributed by atoms with Gasteiger partial charge in [0, 0.05) is 13.1 Å². The molecule has 1 N–H and O–H groups in total. The van der Waals surface area contributed by atoms with Crippen LogP contribution in [-0.4, -0.2) is 29.3 Å². The monoisotopic (exact) mass is 384 g/mol. The van der Waals surface area contributed by atoms with Gasteiger partial charge in [-0.2, -0.15) is 0 Å². The van der Waals surface area contributed by atoms with Gasteiger partial charge in [0.15, 0.2) is 0 Å². The van der Waals surface area contributed by atoms with Crippen LogP contribution in [0.25, 0.3) is 0 Å². The first-order chi connectivity index (χ1) is 13.5.